The van der Waals surface area contributed by atoms with Gasteiger partial charge in [-0.05, 0) is 60.7 Å². The third kappa shape index (κ3) is 5.83. The van der Waals surface area contributed by atoms with Crippen molar-refractivity contribution < 1.29 is 13.2 Å². The number of nitrogens with one attached hydrogen (secondary N) is 4. The minimum absolute atomic E-state index is 0.0733. The van der Waals surface area contributed by atoms with E-state index in [2.05, 4.69) is 30.9 Å². The molecule has 0 aliphatic heterocycles. The minimum Gasteiger partial charge on any atom is -0.365 e. The van der Waals surface area contributed by atoms with Crippen molar-refractivity contribution in [1.29, 1.82) is 0 Å². The van der Waals surface area contributed by atoms with E-state index in [-0.39, 0.29) is 5.91 Å². The predicted octanol–water partition coefficient (Wildman–Crippen LogP) is 3.85. The molecule has 0 atom stereocenters. The van der Waals surface area contributed by atoms with E-state index in [0.29, 0.717) is 41.1 Å². The highest BCUT2D eigenvalue weighted by atomic mass is 32.2. The van der Waals surface area contributed by atoms with E-state index in [4.69, 9.17) is 0 Å². The summed E-state index contributed by atoms with van der Waals surface area (Å²) in [7, 11) is -1.87. The van der Waals surface area contributed by atoms with E-state index in [1.54, 1.807) is 30.5 Å². The van der Waals surface area contributed by atoms with Crippen LogP contribution in [0.1, 0.15) is 28.8 Å². The number of sulfonamides is 1. The lowest BCUT2D eigenvalue weighted by Gasteiger charge is -2.20. The Hall–Kier alpha value is -4.12. The van der Waals surface area contributed by atoms with Gasteiger partial charge in [-0.15, -0.1) is 0 Å². The molecule has 192 valence electrons. The van der Waals surface area contributed by atoms with Crippen LogP contribution in [0.2, 0.25) is 0 Å². The fraction of sp³-hybridized carbons (Fsp3) is 0.269. The monoisotopic (exact) mass is 519 g/mol. The maximum Gasteiger partial charge on any atom is 0.251 e. The van der Waals surface area contributed by atoms with Gasteiger partial charge in [-0.1, -0.05) is 18.2 Å². The molecule has 10 nitrogen and oxygen atoms in total. The Kier molecular flexibility index (Phi) is 6.70. The molecule has 11 heteroatoms. The number of para-hydroxylation sites is 1. The number of H-pyrrole nitrogens is 1. The highest BCUT2D eigenvalue weighted by molar-refractivity contribution is 7.92. The molecular formula is C26H29N7O3S. The number of aromatic nitrogens is 3. The lowest BCUT2D eigenvalue weighted by Crippen LogP contribution is -2.26. The van der Waals surface area contributed by atoms with Crippen LogP contribution in [0.25, 0.3) is 11.0 Å². The van der Waals surface area contributed by atoms with Crippen LogP contribution in [-0.4, -0.2) is 49.1 Å². The Morgan fingerprint density at radius 2 is 1.84 bits per heavy atom. The smallest absolute Gasteiger partial charge is 0.251 e. The number of amides is 1. The molecule has 1 fully saturated rings. The van der Waals surface area contributed by atoms with Crippen molar-refractivity contribution in [3.05, 3.63) is 71.9 Å². The Bertz CT molecular complexity index is 1530. The van der Waals surface area contributed by atoms with Crippen LogP contribution in [0, 0.1) is 5.92 Å². The highest BCUT2D eigenvalue weighted by Crippen LogP contribution is 2.28. The molecule has 5 rings (SSSR count). The van der Waals surface area contributed by atoms with E-state index in [0.717, 1.165) is 23.2 Å². The third-order valence-corrected chi connectivity index (χ3v) is 7.53. The maximum absolute atomic E-state index is 12.3. The number of fused-ring (bicyclic) bond motifs is 1. The summed E-state index contributed by atoms with van der Waals surface area (Å²) in [6.07, 6.45) is 5.34. The van der Waals surface area contributed by atoms with Gasteiger partial charge in [-0.3, -0.25) is 9.10 Å². The first kappa shape index (κ1) is 24.6. The van der Waals surface area contributed by atoms with Gasteiger partial charge in [-0.25, -0.2) is 8.42 Å². The maximum atomic E-state index is 12.3. The minimum atomic E-state index is -3.40. The molecule has 1 amide bonds. The van der Waals surface area contributed by atoms with Gasteiger partial charge in [0.15, 0.2) is 0 Å². The van der Waals surface area contributed by atoms with Crippen molar-refractivity contribution in [2.45, 2.75) is 19.4 Å². The lowest BCUT2D eigenvalue weighted by molar-refractivity contribution is 0.0952. The van der Waals surface area contributed by atoms with E-state index in [9.17, 15) is 13.2 Å². The van der Waals surface area contributed by atoms with Gasteiger partial charge in [0, 0.05) is 37.6 Å². The molecule has 37 heavy (non-hydrogen) atoms. The molecule has 2 aromatic carbocycles. The summed E-state index contributed by atoms with van der Waals surface area (Å²) in [4.78, 5) is 24.6. The zero-order chi connectivity index (χ0) is 26.0. The number of hydrogen-bond acceptors (Lipinski definition) is 7. The Morgan fingerprint density at radius 3 is 2.57 bits per heavy atom. The first-order chi connectivity index (χ1) is 17.8. The molecule has 0 saturated heterocycles. The molecule has 1 aliphatic carbocycles. The van der Waals surface area contributed by atoms with Crippen molar-refractivity contribution in [2.75, 3.05) is 34.8 Å². The number of nitrogens with zero attached hydrogens (tertiary/aromatic N) is 3. The standard InChI is InChI=1S/C26H29N7O3S/c1-33(37(2,35)36)22-6-4-3-5-19(22)16-28-24-21-13-14-27-23(21)31-26(32-24)30-20-11-9-18(10-12-20)25(34)29-15-17-7-8-17/h3-6,9-14,17H,7-8,15-16H2,1-2H3,(H,29,34)(H3,27,28,30,31,32). The molecule has 4 N–H and O–H groups in total. The van der Waals surface area contributed by atoms with Gasteiger partial charge in [0.2, 0.25) is 16.0 Å². The summed E-state index contributed by atoms with van der Waals surface area (Å²) in [5.41, 5.74) is 3.40. The number of rotatable bonds is 10. The molecule has 2 heterocycles. The first-order valence-corrected chi connectivity index (χ1v) is 13.9. The topological polar surface area (TPSA) is 132 Å². The molecule has 1 aliphatic rings. The van der Waals surface area contributed by atoms with Crippen LogP contribution < -0.4 is 20.3 Å². The second kappa shape index (κ2) is 10.1. The quantitative estimate of drug-likeness (QED) is 0.250. The lowest BCUT2D eigenvalue weighted by atomic mass is 10.1. The van der Waals surface area contributed by atoms with Crippen LogP contribution in [0.15, 0.2) is 60.8 Å². The Balaban J connectivity index is 1.32. The Morgan fingerprint density at radius 1 is 1.08 bits per heavy atom. The van der Waals surface area contributed by atoms with Gasteiger partial charge in [0.1, 0.15) is 11.5 Å². The number of benzene rings is 2. The van der Waals surface area contributed by atoms with E-state index in [1.807, 2.05) is 30.3 Å². The molecule has 2 aromatic heterocycles. The summed E-state index contributed by atoms with van der Waals surface area (Å²) >= 11 is 0. The largest absolute Gasteiger partial charge is 0.365 e. The second-order valence-electron chi connectivity index (χ2n) is 9.20. The molecule has 0 spiro atoms. The van der Waals surface area contributed by atoms with E-state index >= 15 is 0 Å². The SMILES string of the molecule is CN(c1ccccc1CNc1nc(Nc2ccc(C(=O)NCC3CC3)cc2)nc2[nH]ccc12)S(C)(=O)=O. The third-order valence-electron chi connectivity index (χ3n) is 6.34. The van der Waals surface area contributed by atoms with Gasteiger partial charge < -0.3 is 20.9 Å². The normalized spacial score (nSPS) is 13.4. The Labute approximate surface area is 215 Å². The molecule has 0 unspecified atom stereocenters. The molecule has 0 radical (unpaired) electrons. The molecule has 1 saturated carbocycles. The van der Waals surface area contributed by atoms with Crippen molar-refractivity contribution in [2.24, 2.45) is 5.92 Å². The van der Waals surface area contributed by atoms with E-state index in [1.165, 1.54) is 30.5 Å². The van der Waals surface area contributed by atoms with Crippen molar-refractivity contribution >= 4 is 50.1 Å². The van der Waals surface area contributed by atoms with Crippen molar-refractivity contribution in [3.63, 3.8) is 0 Å². The van der Waals surface area contributed by atoms with E-state index < -0.39 is 10.0 Å². The summed E-state index contributed by atoms with van der Waals surface area (Å²) < 4.78 is 25.4. The molecular weight excluding hydrogens is 490 g/mol. The average molecular weight is 520 g/mol. The van der Waals surface area contributed by atoms with Gasteiger partial charge in [-0.2, -0.15) is 9.97 Å². The molecule has 0 bridgehead atoms. The van der Waals surface area contributed by atoms with Crippen LogP contribution in [0.4, 0.5) is 23.1 Å². The summed E-state index contributed by atoms with van der Waals surface area (Å²) in [5, 5.41) is 10.3. The number of carbonyl (C=O) groups is 1. The van der Waals surface area contributed by atoms with Crippen LogP contribution in [0.3, 0.4) is 0 Å². The number of anilines is 4. The fourth-order valence-electron chi connectivity index (χ4n) is 3.95. The number of hydrogen-bond donors (Lipinski definition) is 4. The summed E-state index contributed by atoms with van der Waals surface area (Å²) in [6, 6.07) is 16.4. The predicted molar refractivity (Wildman–Crippen MR) is 146 cm³/mol. The zero-order valence-corrected chi connectivity index (χ0v) is 21.5. The zero-order valence-electron chi connectivity index (χ0n) is 20.7. The van der Waals surface area contributed by atoms with Crippen LogP contribution >= 0.6 is 0 Å². The fourth-order valence-corrected chi connectivity index (χ4v) is 4.49. The van der Waals surface area contributed by atoms with Crippen molar-refractivity contribution in [3.8, 4) is 0 Å². The highest BCUT2D eigenvalue weighted by Gasteiger charge is 2.22. The summed E-state index contributed by atoms with van der Waals surface area (Å²) in [6.45, 7) is 1.09. The number of aromatic amines is 1. The van der Waals surface area contributed by atoms with Gasteiger partial charge >= 0.3 is 0 Å². The average Bonchev–Trinajstić information content (AvgIpc) is 3.60. The van der Waals surface area contributed by atoms with Crippen LogP contribution in [0.5, 0.6) is 0 Å². The first-order valence-electron chi connectivity index (χ1n) is 12.0. The molecule has 4 aromatic rings. The van der Waals surface area contributed by atoms with Crippen molar-refractivity contribution in [1.82, 2.24) is 20.3 Å². The van der Waals surface area contributed by atoms with Gasteiger partial charge in [0.25, 0.3) is 5.91 Å². The number of carbonyl (C=O) groups excluding carboxylic acids is 1. The van der Waals surface area contributed by atoms with Gasteiger partial charge in [0.05, 0.1) is 17.3 Å². The second-order valence-corrected chi connectivity index (χ2v) is 11.2. The van der Waals surface area contributed by atoms with Crippen LogP contribution in [-0.2, 0) is 16.6 Å². The summed E-state index contributed by atoms with van der Waals surface area (Å²) in [5.74, 6) is 1.53.